The number of rotatable bonds is 6. The fourth-order valence-corrected chi connectivity index (χ4v) is 3.56. The van der Waals surface area contributed by atoms with Gasteiger partial charge in [0, 0.05) is 4.83 Å². The van der Waals surface area contributed by atoms with Crippen molar-refractivity contribution in [3.05, 3.63) is 29.8 Å². The van der Waals surface area contributed by atoms with Gasteiger partial charge >= 0.3 is 0 Å². The second kappa shape index (κ2) is 6.71. The Morgan fingerprint density at radius 3 is 2.17 bits per heavy atom. The van der Waals surface area contributed by atoms with Gasteiger partial charge in [0.05, 0.1) is 10.6 Å². The summed E-state index contributed by atoms with van der Waals surface area (Å²) in [6.45, 7) is 6.17. The molecule has 0 aliphatic carbocycles. The van der Waals surface area contributed by atoms with Gasteiger partial charge in [-0.05, 0) is 36.5 Å². The van der Waals surface area contributed by atoms with E-state index in [4.69, 9.17) is 0 Å². The smallest absolute Gasteiger partial charge is 0.178 e. The lowest BCUT2D eigenvalue weighted by atomic mass is 9.97. The van der Waals surface area contributed by atoms with Crippen LogP contribution in [0.3, 0.4) is 0 Å². The maximum absolute atomic E-state index is 11.9. The third-order valence-electron chi connectivity index (χ3n) is 3.17. The van der Waals surface area contributed by atoms with Gasteiger partial charge in [-0.3, -0.25) is 0 Å². The largest absolute Gasteiger partial charge is 0.224 e. The Hall–Kier alpha value is -0.350. The summed E-state index contributed by atoms with van der Waals surface area (Å²) < 4.78 is 23.8. The van der Waals surface area contributed by atoms with Crippen molar-refractivity contribution in [2.75, 3.05) is 5.75 Å². The molecule has 0 N–H and O–H groups in total. The summed E-state index contributed by atoms with van der Waals surface area (Å²) in [6.07, 6.45) is 1.71. The highest BCUT2D eigenvalue weighted by molar-refractivity contribution is 9.09. The topological polar surface area (TPSA) is 34.1 Å². The van der Waals surface area contributed by atoms with E-state index in [0.29, 0.717) is 22.1 Å². The van der Waals surface area contributed by atoms with Crippen LogP contribution in [0.1, 0.15) is 45.1 Å². The minimum atomic E-state index is -3.09. The minimum absolute atomic E-state index is 0.220. The van der Waals surface area contributed by atoms with Crippen LogP contribution in [0.4, 0.5) is 0 Å². The molecule has 0 radical (unpaired) electrons. The van der Waals surface area contributed by atoms with Crippen LogP contribution in [0.15, 0.2) is 29.2 Å². The highest BCUT2D eigenvalue weighted by Crippen LogP contribution is 2.27. The van der Waals surface area contributed by atoms with Gasteiger partial charge in [0.2, 0.25) is 0 Å². The van der Waals surface area contributed by atoms with Crippen LogP contribution in [0.5, 0.6) is 0 Å². The highest BCUT2D eigenvalue weighted by atomic mass is 79.9. The van der Waals surface area contributed by atoms with Gasteiger partial charge in [0.25, 0.3) is 0 Å². The third kappa shape index (κ3) is 3.82. The van der Waals surface area contributed by atoms with Crippen molar-refractivity contribution >= 4 is 25.8 Å². The number of benzene rings is 1. The molecule has 2 atom stereocenters. The van der Waals surface area contributed by atoms with E-state index in [2.05, 4.69) is 29.8 Å². The van der Waals surface area contributed by atoms with E-state index in [1.807, 2.05) is 19.1 Å². The first-order valence-corrected chi connectivity index (χ1v) is 8.96. The fraction of sp³-hybridized carbons (Fsp3) is 0.571. The van der Waals surface area contributed by atoms with E-state index >= 15 is 0 Å². The molecule has 0 saturated carbocycles. The van der Waals surface area contributed by atoms with E-state index in [1.165, 1.54) is 5.56 Å². The van der Waals surface area contributed by atoms with Crippen molar-refractivity contribution in [1.29, 1.82) is 0 Å². The van der Waals surface area contributed by atoms with Crippen molar-refractivity contribution in [2.45, 2.75) is 49.3 Å². The number of hydrogen-bond donors (Lipinski definition) is 0. The van der Waals surface area contributed by atoms with Crippen LogP contribution >= 0.6 is 15.9 Å². The van der Waals surface area contributed by atoms with Crippen LogP contribution in [-0.2, 0) is 9.84 Å². The molecular weight excluding hydrogens is 312 g/mol. The summed E-state index contributed by atoms with van der Waals surface area (Å²) in [4.78, 5) is 0.860. The average molecular weight is 333 g/mol. The van der Waals surface area contributed by atoms with E-state index in [0.717, 1.165) is 6.42 Å². The summed E-state index contributed by atoms with van der Waals surface area (Å²) in [5.41, 5.74) is 1.18. The van der Waals surface area contributed by atoms with Crippen molar-refractivity contribution in [3.63, 3.8) is 0 Å². The normalized spacial score (nSPS) is 15.3. The maximum Gasteiger partial charge on any atom is 0.178 e. The third-order valence-corrected chi connectivity index (χ3v) is 6.55. The SMILES string of the molecule is CCCS(=O)(=O)c1ccc(C(C)C(Br)CC)cc1. The van der Waals surface area contributed by atoms with Gasteiger partial charge in [-0.2, -0.15) is 0 Å². The Balaban J connectivity index is 2.93. The second-order valence-electron chi connectivity index (χ2n) is 4.60. The summed E-state index contributed by atoms with van der Waals surface area (Å²) in [7, 11) is -3.09. The van der Waals surface area contributed by atoms with Crippen molar-refractivity contribution in [2.24, 2.45) is 0 Å². The maximum atomic E-state index is 11.9. The van der Waals surface area contributed by atoms with Gasteiger partial charge in [0.1, 0.15) is 0 Å². The number of halogens is 1. The zero-order valence-corrected chi connectivity index (χ0v) is 13.6. The summed E-state index contributed by atoms with van der Waals surface area (Å²) in [5.74, 6) is 0.607. The van der Waals surface area contributed by atoms with Gasteiger partial charge in [-0.15, -0.1) is 0 Å². The number of sulfone groups is 1. The molecule has 1 aromatic carbocycles. The lowest BCUT2D eigenvalue weighted by Gasteiger charge is -2.17. The molecule has 0 aromatic heterocycles. The Morgan fingerprint density at radius 1 is 1.17 bits per heavy atom. The molecule has 0 aliphatic heterocycles. The number of alkyl halides is 1. The van der Waals surface area contributed by atoms with Gasteiger partial charge in [0.15, 0.2) is 9.84 Å². The molecule has 0 bridgehead atoms. The molecule has 2 nitrogen and oxygen atoms in total. The van der Waals surface area contributed by atoms with Gasteiger partial charge in [-0.25, -0.2) is 8.42 Å². The second-order valence-corrected chi connectivity index (χ2v) is 7.89. The van der Waals surface area contributed by atoms with Gasteiger partial charge in [-0.1, -0.05) is 48.8 Å². The zero-order chi connectivity index (χ0) is 13.8. The fourth-order valence-electron chi connectivity index (χ4n) is 1.93. The first-order valence-electron chi connectivity index (χ1n) is 6.39. The van der Waals surface area contributed by atoms with Gasteiger partial charge < -0.3 is 0 Å². The molecule has 0 saturated heterocycles. The van der Waals surface area contributed by atoms with Crippen molar-refractivity contribution < 1.29 is 8.42 Å². The summed E-state index contributed by atoms with van der Waals surface area (Å²) in [5, 5.41) is 0. The summed E-state index contributed by atoms with van der Waals surface area (Å²) in [6, 6.07) is 7.31. The molecule has 0 amide bonds. The minimum Gasteiger partial charge on any atom is -0.224 e. The van der Waals surface area contributed by atoms with Crippen LogP contribution in [-0.4, -0.2) is 19.0 Å². The first kappa shape index (κ1) is 15.7. The quantitative estimate of drug-likeness (QED) is 0.733. The molecule has 18 heavy (non-hydrogen) atoms. The standard InChI is InChI=1S/C14H21BrO2S/c1-4-10-18(16,17)13-8-6-12(7-9-13)11(3)14(15)5-2/h6-9,11,14H,4-5,10H2,1-3H3. The molecule has 0 fully saturated rings. The molecule has 2 unspecified atom stereocenters. The average Bonchev–Trinajstić information content (AvgIpc) is 2.37. The van der Waals surface area contributed by atoms with Crippen molar-refractivity contribution in [1.82, 2.24) is 0 Å². The molecule has 0 spiro atoms. The molecule has 1 aromatic rings. The Labute approximate surface area is 119 Å². The van der Waals surface area contributed by atoms with E-state index in [9.17, 15) is 8.42 Å². The Morgan fingerprint density at radius 2 is 1.72 bits per heavy atom. The van der Waals surface area contributed by atoms with Crippen LogP contribution in [0.25, 0.3) is 0 Å². The lowest BCUT2D eigenvalue weighted by molar-refractivity contribution is 0.594. The zero-order valence-electron chi connectivity index (χ0n) is 11.2. The molecule has 0 heterocycles. The predicted molar refractivity (Wildman–Crippen MR) is 80.2 cm³/mol. The van der Waals surface area contributed by atoms with Crippen molar-refractivity contribution in [3.8, 4) is 0 Å². The Kier molecular flexibility index (Phi) is 5.86. The molecule has 102 valence electrons. The molecule has 4 heteroatoms. The van der Waals surface area contributed by atoms with E-state index < -0.39 is 9.84 Å². The lowest BCUT2D eigenvalue weighted by Crippen LogP contribution is -2.09. The first-order chi connectivity index (χ1) is 8.42. The molecule has 1 rings (SSSR count). The van der Waals surface area contributed by atoms with Crippen LogP contribution in [0.2, 0.25) is 0 Å². The Bertz CT molecular complexity index is 465. The highest BCUT2D eigenvalue weighted by Gasteiger charge is 2.16. The van der Waals surface area contributed by atoms with E-state index in [-0.39, 0.29) is 5.75 Å². The van der Waals surface area contributed by atoms with Crippen LogP contribution < -0.4 is 0 Å². The monoisotopic (exact) mass is 332 g/mol. The number of hydrogen-bond acceptors (Lipinski definition) is 2. The summed E-state index contributed by atoms with van der Waals surface area (Å²) >= 11 is 3.64. The van der Waals surface area contributed by atoms with E-state index in [1.54, 1.807) is 12.1 Å². The predicted octanol–water partition coefficient (Wildman–Crippen LogP) is 4.15. The molecular formula is C14H21BrO2S. The molecule has 0 aliphatic rings. The van der Waals surface area contributed by atoms with Crippen LogP contribution in [0, 0.1) is 0 Å².